The number of nitrogens with two attached hydrogens (primary N) is 2. The molecule has 7 heteroatoms. The Hall–Kier alpha value is -2.74. The first-order valence-corrected chi connectivity index (χ1v) is 12.0. The molecule has 186 valence electrons. The van der Waals surface area contributed by atoms with Gasteiger partial charge in [0.05, 0.1) is 30.3 Å². The van der Waals surface area contributed by atoms with E-state index in [1.807, 2.05) is 88.4 Å². The molecule has 0 heterocycles. The molecule has 0 aliphatic heterocycles. The van der Waals surface area contributed by atoms with Crippen LogP contribution in [0.1, 0.15) is 38.8 Å². The number of benzene rings is 2. The van der Waals surface area contributed by atoms with Crippen molar-refractivity contribution in [2.24, 2.45) is 23.3 Å². The minimum Gasteiger partial charge on any atom is -0.389 e. The highest BCUT2D eigenvalue weighted by Crippen LogP contribution is 2.15. The van der Waals surface area contributed by atoms with Crippen LogP contribution in [-0.4, -0.2) is 47.2 Å². The number of hydrogen-bond acceptors (Lipinski definition) is 5. The average Bonchev–Trinajstić information content (AvgIpc) is 2.82. The molecular weight excluding hydrogens is 428 g/mol. The fourth-order valence-corrected chi connectivity index (χ4v) is 3.69. The second kappa shape index (κ2) is 13.2. The third kappa shape index (κ3) is 8.24. The number of hydrogen-bond donors (Lipinski definition) is 5. The maximum atomic E-state index is 12.8. The van der Waals surface area contributed by atoms with Crippen molar-refractivity contribution in [1.29, 1.82) is 0 Å². The van der Waals surface area contributed by atoms with Gasteiger partial charge in [0.25, 0.3) is 0 Å². The van der Waals surface area contributed by atoms with Crippen molar-refractivity contribution in [3.05, 3.63) is 71.8 Å². The van der Waals surface area contributed by atoms with Crippen molar-refractivity contribution in [3.63, 3.8) is 0 Å². The molecule has 0 aliphatic rings. The summed E-state index contributed by atoms with van der Waals surface area (Å²) in [5.41, 5.74) is 14.1. The molecule has 7 nitrogen and oxygen atoms in total. The molecule has 0 aromatic heterocycles. The van der Waals surface area contributed by atoms with Gasteiger partial charge in [-0.25, -0.2) is 0 Å². The van der Waals surface area contributed by atoms with Crippen molar-refractivity contribution in [1.82, 2.24) is 10.6 Å². The Labute approximate surface area is 203 Å². The number of carbonyl (C=O) groups excluding carboxylic acids is 2. The van der Waals surface area contributed by atoms with Crippen molar-refractivity contribution >= 4 is 11.8 Å². The lowest BCUT2D eigenvalue weighted by Crippen LogP contribution is -2.60. The first-order chi connectivity index (χ1) is 16.1. The molecule has 2 rings (SSSR count). The third-order valence-corrected chi connectivity index (χ3v) is 6.12. The van der Waals surface area contributed by atoms with E-state index in [2.05, 4.69) is 10.6 Å². The average molecular weight is 469 g/mol. The van der Waals surface area contributed by atoms with E-state index in [9.17, 15) is 14.7 Å². The van der Waals surface area contributed by atoms with Crippen LogP contribution in [0.3, 0.4) is 0 Å². The van der Waals surface area contributed by atoms with Gasteiger partial charge in [0, 0.05) is 0 Å². The first kappa shape index (κ1) is 27.5. The molecule has 0 spiro atoms. The van der Waals surface area contributed by atoms with Crippen LogP contribution >= 0.6 is 0 Å². The highest BCUT2D eigenvalue weighted by atomic mass is 16.3. The highest BCUT2D eigenvalue weighted by Gasteiger charge is 2.33. The molecule has 2 unspecified atom stereocenters. The standard InChI is InChI=1S/C27H40N4O3/c1-17(2)23(28)26(33)30-21(15-19-11-7-5-8-12-19)25(32)22(16-20-13-9-6-10-14-20)31-27(34)24(29)18(3)4/h5-14,17-18,21-25,32H,15-16,28-29H2,1-4H3,(H,30,33)(H,31,34)/t21?,22?,23-,24-,25?/m0/s1. The van der Waals surface area contributed by atoms with Crippen molar-refractivity contribution in [2.45, 2.75) is 70.8 Å². The van der Waals surface area contributed by atoms with Crippen LogP contribution in [0.2, 0.25) is 0 Å². The van der Waals surface area contributed by atoms with Gasteiger partial charge in [0.1, 0.15) is 0 Å². The summed E-state index contributed by atoms with van der Waals surface area (Å²) in [7, 11) is 0. The van der Waals surface area contributed by atoms with Gasteiger partial charge in [0.2, 0.25) is 11.8 Å². The summed E-state index contributed by atoms with van der Waals surface area (Å²) in [6.45, 7) is 7.49. The molecule has 2 amide bonds. The Morgan fingerprint density at radius 2 is 1.03 bits per heavy atom. The van der Waals surface area contributed by atoms with E-state index in [0.29, 0.717) is 12.8 Å². The zero-order valence-corrected chi connectivity index (χ0v) is 20.6. The predicted molar refractivity (Wildman–Crippen MR) is 136 cm³/mol. The number of rotatable bonds is 12. The lowest BCUT2D eigenvalue weighted by Gasteiger charge is -2.33. The van der Waals surface area contributed by atoms with Gasteiger partial charge in [-0.3, -0.25) is 9.59 Å². The Morgan fingerprint density at radius 1 is 0.706 bits per heavy atom. The van der Waals surface area contributed by atoms with Crippen LogP contribution in [0, 0.1) is 11.8 Å². The summed E-state index contributed by atoms with van der Waals surface area (Å²) < 4.78 is 0. The zero-order valence-electron chi connectivity index (χ0n) is 20.6. The van der Waals surface area contributed by atoms with E-state index in [4.69, 9.17) is 11.5 Å². The molecule has 2 aromatic carbocycles. The van der Waals surface area contributed by atoms with E-state index in [0.717, 1.165) is 11.1 Å². The SMILES string of the molecule is CC(C)[C@H](N)C(=O)NC(Cc1ccccc1)C(O)C(Cc1ccccc1)NC(=O)[C@@H](N)C(C)C. The summed E-state index contributed by atoms with van der Waals surface area (Å²) in [6.07, 6.45) is -0.307. The summed E-state index contributed by atoms with van der Waals surface area (Å²) in [5.74, 6) is -0.783. The molecule has 4 atom stereocenters. The molecular formula is C27H40N4O3. The minimum absolute atomic E-state index is 0.0571. The Kier molecular flexibility index (Phi) is 10.7. The molecule has 34 heavy (non-hydrogen) atoms. The summed E-state index contributed by atoms with van der Waals surface area (Å²) in [4.78, 5) is 25.7. The van der Waals surface area contributed by atoms with E-state index in [1.54, 1.807) is 0 Å². The second-order valence-corrected chi connectivity index (χ2v) is 9.64. The molecule has 0 bridgehead atoms. The maximum Gasteiger partial charge on any atom is 0.237 e. The van der Waals surface area contributed by atoms with Crippen LogP contribution in [-0.2, 0) is 22.4 Å². The number of carbonyl (C=O) groups is 2. The predicted octanol–water partition coefficient (Wildman–Crippen LogP) is 1.77. The topological polar surface area (TPSA) is 130 Å². The molecule has 0 aliphatic carbocycles. The minimum atomic E-state index is -1.08. The van der Waals surface area contributed by atoms with Gasteiger partial charge >= 0.3 is 0 Å². The van der Waals surface area contributed by atoms with Crippen molar-refractivity contribution < 1.29 is 14.7 Å². The van der Waals surface area contributed by atoms with Gasteiger partial charge < -0.3 is 27.2 Å². The molecule has 0 fully saturated rings. The smallest absolute Gasteiger partial charge is 0.237 e. The normalized spacial score (nSPS) is 15.9. The van der Waals surface area contributed by atoms with E-state index in [-0.39, 0.29) is 23.7 Å². The maximum absolute atomic E-state index is 12.8. The van der Waals surface area contributed by atoms with E-state index >= 15 is 0 Å². The monoisotopic (exact) mass is 468 g/mol. The van der Waals surface area contributed by atoms with Gasteiger partial charge in [0.15, 0.2) is 0 Å². The van der Waals surface area contributed by atoms with Gasteiger partial charge in [-0.15, -0.1) is 0 Å². The molecule has 0 saturated heterocycles. The van der Waals surface area contributed by atoms with Crippen molar-refractivity contribution in [3.8, 4) is 0 Å². The Bertz CT molecular complexity index is 816. The lowest BCUT2D eigenvalue weighted by atomic mass is 9.91. The highest BCUT2D eigenvalue weighted by molar-refractivity contribution is 5.83. The molecule has 7 N–H and O–H groups in total. The van der Waals surface area contributed by atoms with Crippen LogP contribution in [0.4, 0.5) is 0 Å². The van der Waals surface area contributed by atoms with Gasteiger partial charge in [-0.1, -0.05) is 88.4 Å². The Morgan fingerprint density at radius 3 is 1.32 bits per heavy atom. The van der Waals surface area contributed by atoms with Gasteiger partial charge in [-0.2, -0.15) is 0 Å². The van der Waals surface area contributed by atoms with E-state index < -0.39 is 30.3 Å². The summed E-state index contributed by atoms with van der Waals surface area (Å²) >= 11 is 0. The molecule has 0 radical (unpaired) electrons. The quantitative estimate of drug-likeness (QED) is 0.324. The van der Waals surface area contributed by atoms with Crippen LogP contribution in [0.15, 0.2) is 60.7 Å². The largest absolute Gasteiger partial charge is 0.389 e. The fourth-order valence-electron chi connectivity index (χ4n) is 3.69. The van der Waals surface area contributed by atoms with Crippen LogP contribution in [0.25, 0.3) is 0 Å². The number of aliphatic hydroxyl groups excluding tert-OH is 1. The zero-order chi connectivity index (χ0) is 25.3. The first-order valence-electron chi connectivity index (χ1n) is 12.0. The fraction of sp³-hybridized carbons (Fsp3) is 0.481. The molecule has 2 aromatic rings. The summed E-state index contributed by atoms with van der Waals surface area (Å²) in [5, 5.41) is 17.4. The number of amides is 2. The van der Waals surface area contributed by atoms with Crippen LogP contribution in [0.5, 0.6) is 0 Å². The number of nitrogens with one attached hydrogen (secondary N) is 2. The number of aliphatic hydroxyl groups is 1. The lowest BCUT2D eigenvalue weighted by molar-refractivity contribution is -0.125. The van der Waals surface area contributed by atoms with E-state index in [1.165, 1.54) is 0 Å². The molecule has 0 saturated carbocycles. The summed E-state index contributed by atoms with van der Waals surface area (Å²) in [6, 6.07) is 16.5. The van der Waals surface area contributed by atoms with Crippen molar-refractivity contribution in [2.75, 3.05) is 0 Å². The Balaban J connectivity index is 2.34. The van der Waals surface area contributed by atoms with Crippen LogP contribution < -0.4 is 22.1 Å². The third-order valence-electron chi connectivity index (χ3n) is 6.12. The second-order valence-electron chi connectivity index (χ2n) is 9.64. The van der Waals surface area contributed by atoms with Gasteiger partial charge in [-0.05, 0) is 35.8 Å².